The van der Waals surface area contributed by atoms with Crippen molar-refractivity contribution in [1.82, 2.24) is 0 Å². The second-order valence-corrected chi connectivity index (χ2v) is 4.86. The number of aliphatic carboxylic acids is 1. The Morgan fingerprint density at radius 3 is 2.76 bits per heavy atom. The van der Waals surface area contributed by atoms with E-state index in [2.05, 4.69) is 0 Å². The Kier molecular flexibility index (Phi) is 2.79. The predicted molar refractivity (Wildman–Crippen MR) is 64.2 cm³/mol. The largest absolute Gasteiger partial charge is 0.505 e. The highest BCUT2D eigenvalue weighted by Crippen LogP contribution is 2.38. The van der Waals surface area contributed by atoms with Gasteiger partial charge in [-0.3, -0.25) is 4.79 Å². The van der Waals surface area contributed by atoms with E-state index in [1.54, 1.807) is 19.2 Å². The minimum absolute atomic E-state index is 0.311. The topological polar surface area (TPSA) is 57.5 Å². The molecule has 17 heavy (non-hydrogen) atoms. The molecule has 1 atom stereocenters. The van der Waals surface area contributed by atoms with Crippen molar-refractivity contribution in [3.05, 3.63) is 28.4 Å². The number of hydrogen-bond donors (Lipinski definition) is 2. The van der Waals surface area contributed by atoms with E-state index in [1.165, 1.54) is 6.07 Å². The van der Waals surface area contributed by atoms with Gasteiger partial charge >= 0.3 is 5.97 Å². The highest BCUT2D eigenvalue weighted by atomic mass is 32.1. The van der Waals surface area contributed by atoms with Gasteiger partial charge in [0.2, 0.25) is 0 Å². The molecule has 5 heteroatoms. The molecule has 0 saturated carbocycles. The van der Waals surface area contributed by atoms with Crippen LogP contribution in [0, 0.1) is 12.7 Å². The summed E-state index contributed by atoms with van der Waals surface area (Å²) in [6, 6.07) is 1.32. The summed E-state index contributed by atoms with van der Waals surface area (Å²) in [6.45, 7) is 3.29. The first-order valence-electron chi connectivity index (χ1n) is 5.05. The number of aromatic hydroxyl groups is 1. The first kappa shape index (κ1) is 11.9. The number of aryl methyl sites for hydroxylation is 1. The minimum Gasteiger partial charge on any atom is -0.505 e. The molecule has 1 heterocycles. The molecule has 1 aromatic carbocycles. The number of fused-ring (bicyclic) bond motifs is 1. The average Bonchev–Trinajstić information content (AvgIpc) is 2.69. The molecule has 90 valence electrons. The fourth-order valence-electron chi connectivity index (χ4n) is 1.85. The zero-order valence-corrected chi connectivity index (χ0v) is 10.1. The Balaban J connectivity index is 2.77. The molecule has 0 aliphatic carbocycles. The van der Waals surface area contributed by atoms with E-state index in [0.29, 0.717) is 21.2 Å². The molecular formula is C12H11FO3S. The average molecular weight is 254 g/mol. The van der Waals surface area contributed by atoms with Gasteiger partial charge in [0.1, 0.15) is 0 Å². The molecule has 0 bridgehead atoms. The summed E-state index contributed by atoms with van der Waals surface area (Å²) in [7, 11) is 0. The molecule has 0 radical (unpaired) electrons. The highest BCUT2D eigenvalue weighted by molar-refractivity contribution is 7.17. The number of rotatable bonds is 2. The number of thiophene rings is 1. The van der Waals surface area contributed by atoms with Crippen LogP contribution in [0.4, 0.5) is 4.39 Å². The molecule has 2 N–H and O–H groups in total. The number of hydrogen-bond acceptors (Lipinski definition) is 3. The van der Waals surface area contributed by atoms with E-state index in [4.69, 9.17) is 5.11 Å². The van der Waals surface area contributed by atoms with Gasteiger partial charge in [0.25, 0.3) is 0 Å². The van der Waals surface area contributed by atoms with Crippen LogP contribution in [0.1, 0.15) is 24.0 Å². The van der Waals surface area contributed by atoms with E-state index in [1.807, 2.05) is 0 Å². The zero-order chi connectivity index (χ0) is 12.7. The van der Waals surface area contributed by atoms with Crippen molar-refractivity contribution < 1.29 is 19.4 Å². The third kappa shape index (κ3) is 1.76. The first-order valence-corrected chi connectivity index (χ1v) is 5.93. The molecular weight excluding hydrogens is 243 g/mol. The standard InChI is InChI=1S/C12H11FO3S/c1-5-3-8(14)10(13)11-9(5)7(4-17-11)6(2)12(15)16/h3-4,6,14H,1-2H3,(H,15,16). The van der Waals surface area contributed by atoms with Crippen LogP contribution in [0.15, 0.2) is 11.4 Å². The zero-order valence-electron chi connectivity index (χ0n) is 9.32. The molecule has 0 aliphatic rings. The molecule has 1 aromatic heterocycles. The lowest BCUT2D eigenvalue weighted by atomic mass is 9.97. The van der Waals surface area contributed by atoms with E-state index in [9.17, 15) is 14.3 Å². The summed E-state index contributed by atoms with van der Waals surface area (Å²) in [5.74, 6) is -2.71. The minimum atomic E-state index is -0.947. The van der Waals surface area contributed by atoms with Gasteiger partial charge in [0.15, 0.2) is 11.6 Å². The number of phenolic OH excluding ortho intramolecular Hbond substituents is 1. The van der Waals surface area contributed by atoms with E-state index in [-0.39, 0.29) is 0 Å². The summed E-state index contributed by atoms with van der Waals surface area (Å²) in [6.07, 6.45) is 0. The number of carbonyl (C=O) groups is 1. The van der Waals surface area contributed by atoms with E-state index >= 15 is 0 Å². The molecule has 1 unspecified atom stereocenters. The summed E-state index contributed by atoms with van der Waals surface area (Å²) < 4.78 is 14.0. The van der Waals surface area contributed by atoms with Crippen LogP contribution in [0.25, 0.3) is 10.1 Å². The van der Waals surface area contributed by atoms with Crippen LogP contribution in [0.5, 0.6) is 5.75 Å². The second kappa shape index (κ2) is 4.00. The number of phenols is 1. The van der Waals surface area contributed by atoms with Crippen LogP contribution in [0.2, 0.25) is 0 Å². The van der Waals surface area contributed by atoms with Gasteiger partial charge in [-0.1, -0.05) is 0 Å². The maximum atomic E-state index is 13.7. The third-order valence-corrected chi connectivity index (χ3v) is 3.82. The summed E-state index contributed by atoms with van der Waals surface area (Å²) in [5, 5.41) is 20.6. The Labute approximate surface area is 101 Å². The van der Waals surface area contributed by atoms with Crippen LogP contribution in [-0.4, -0.2) is 16.2 Å². The Morgan fingerprint density at radius 1 is 1.53 bits per heavy atom. The number of halogens is 1. The molecule has 2 aromatic rings. The second-order valence-electron chi connectivity index (χ2n) is 3.98. The smallest absolute Gasteiger partial charge is 0.310 e. The molecule has 3 nitrogen and oxygen atoms in total. The summed E-state index contributed by atoms with van der Waals surface area (Å²) in [4.78, 5) is 11.0. The molecule has 0 aliphatic heterocycles. The monoisotopic (exact) mass is 254 g/mol. The quantitative estimate of drug-likeness (QED) is 0.865. The van der Waals surface area contributed by atoms with E-state index < -0.39 is 23.5 Å². The SMILES string of the molecule is Cc1cc(O)c(F)c2scc(C(C)C(=O)O)c12. The van der Waals surface area contributed by atoms with Crippen molar-refractivity contribution in [2.24, 2.45) is 0 Å². The first-order chi connectivity index (χ1) is 7.93. The van der Waals surface area contributed by atoms with Crippen molar-refractivity contribution in [2.45, 2.75) is 19.8 Å². The maximum Gasteiger partial charge on any atom is 0.310 e. The molecule has 0 amide bonds. The lowest BCUT2D eigenvalue weighted by molar-refractivity contribution is -0.138. The summed E-state index contributed by atoms with van der Waals surface area (Å²) >= 11 is 1.12. The Morgan fingerprint density at radius 2 is 2.18 bits per heavy atom. The van der Waals surface area contributed by atoms with Crippen molar-refractivity contribution in [3.63, 3.8) is 0 Å². The number of carboxylic acids is 1. The van der Waals surface area contributed by atoms with Gasteiger partial charge in [0, 0.05) is 5.39 Å². The third-order valence-electron chi connectivity index (χ3n) is 2.83. The lowest BCUT2D eigenvalue weighted by Crippen LogP contribution is -2.06. The van der Waals surface area contributed by atoms with Gasteiger partial charge in [0.05, 0.1) is 10.6 Å². The Bertz CT molecular complexity index is 603. The predicted octanol–water partition coefficient (Wildman–Crippen LogP) is 3.24. The number of benzene rings is 1. The molecule has 0 fully saturated rings. The van der Waals surface area contributed by atoms with Crippen LogP contribution >= 0.6 is 11.3 Å². The normalized spacial score (nSPS) is 12.9. The number of carboxylic acid groups (broad SMARTS) is 1. The summed E-state index contributed by atoms with van der Waals surface area (Å²) in [5.41, 5.74) is 1.28. The lowest BCUT2D eigenvalue weighted by Gasteiger charge is -2.07. The van der Waals surface area contributed by atoms with Crippen molar-refractivity contribution in [1.29, 1.82) is 0 Å². The van der Waals surface area contributed by atoms with Crippen LogP contribution in [-0.2, 0) is 4.79 Å². The van der Waals surface area contributed by atoms with E-state index in [0.717, 1.165) is 11.3 Å². The fraction of sp³-hybridized carbons (Fsp3) is 0.250. The van der Waals surface area contributed by atoms with Gasteiger partial charge in [-0.05, 0) is 36.4 Å². The highest BCUT2D eigenvalue weighted by Gasteiger charge is 2.21. The van der Waals surface area contributed by atoms with Gasteiger partial charge in [-0.15, -0.1) is 11.3 Å². The fourth-order valence-corrected chi connectivity index (χ4v) is 3.02. The van der Waals surface area contributed by atoms with Crippen molar-refractivity contribution in [3.8, 4) is 5.75 Å². The van der Waals surface area contributed by atoms with Gasteiger partial charge in [-0.2, -0.15) is 0 Å². The van der Waals surface area contributed by atoms with Crippen LogP contribution < -0.4 is 0 Å². The molecule has 0 spiro atoms. The molecule has 0 saturated heterocycles. The van der Waals surface area contributed by atoms with Gasteiger partial charge < -0.3 is 10.2 Å². The Hall–Kier alpha value is -1.62. The maximum absolute atomic E-state index is 13.7. The van der Waals surface area contributed by atoms with Crippen molar-refractivity contribution in [2.75, 3.05) is 0 Å². The van der Waals surface area contributed by atoms with Gasteiger partial charge in [-0.25, -0.2) is 4.39 Å². The van der Waals surface area contributed by atoms with Crippen LogP contribution in [0.3, 0.4) is 0 Å². The van der Waals surface area contributed by atoms with Crippen molar-refractivity contribution >= 4 is 27.4 Å². The molecule has 2 rings (SSSR count).